The molecule has 1 heteroatoms. The molecule has 2 aliphatic rings. The van der Waals surface area contributed by atoms with Crippen molar-refractivity contribution in [3.05, 3.63) is 36.0 Å². The SMILES string of the molecule is C=C/C=C/CCCCC1CC(COC)=C2CCC(CC)C2C1. The summed E-state index contributed by atoms with van der Waals surface area (Å²) in [6.45, 7) is 6.97. The standard InChI is InChI=1S/C21H34O/c1-4-6-7-8-9-10-11-17-14-19(16-22-3)20-13-12-18(5-2)21(20)15-17/h4,6-7,17-18,21H,1,5,8-16H2,2-3H3/b7-6+. The molecule has 0 bridgehead atoms. The minimum Gasteiger partial charge on any atom is -0.380 e. The van der Waals surface area contributed by atoms with Gasteiger partial charge in [0.25, 0.3) is 0 Å². The van der Waals surface area contributed by atoms with Gasteiger partial charge in [0, 0.05) is 7.11 Å². The summed E-state index contributed by atoms with van der Waals surface area (Å²) in [5.74, 6) is 2.73. The van der Waals surface area contributed by atoms with Crippen LogP contribution in [0.25, 0.3) is 0 Å². The molecule has 1 nitrogen and oxygen atoms in total. The summed E-state index contributed by atoms with van der Waals surface area (Å²) in [5.41, 5.74) is 3.45. The molecule has 0 aliphatic heterocycles. The second kappa shape index (κ2) is 9.35. The van der Waals surface area contributed by atoms with Gasteiger partial charge >= 0.3 is 0 Å². The Morgan fingerprint density at radius 2 is 2.18 bits per heavy atom. The minimum absolute atomic E-state index is 0.876. The van der Waals surface area contributed by atoms with Crippen LogP contribution in [0.15, 0.2) is 36.0 Å². The third kappa shape index (κ3) is 4.59. The Labute approximate surface area is 137 Å². The van der Waals surface area contributed by atoms with E-state index in [0.717, 1.165) is 24.4 Å². The molecule has 0 aromatic rings. The molecule has 0 aromatic heterocycles. The molecule has 124 valence electrons. The molecule has 3 unspecified atom stereocenters. The van der Waals surface area contributed by atoms with Gasteiger partial charge in [-0.05, 0) is 61.9 Å². The third-order valence-electron chi connectivity index (χ3n) is 5.73. The smallest absolute Gasteiger partial charge is 0.0675 e. The molecule has 2 rings (SSSR count). The van der Waals surface area contributed by atoms with Gasteiger partial charge in [-0.2, -0.15) is 0 Å². The van der Waals surface area contributed by atoms with Crippen molar-refractivity contribution >= 4 is 0 Å². The number of rotatable bonds is 9. The fourth-order valence-electron chi connectivity index (χ4n) is 4.63. The summed E-state index contributed by atoms with van der Waals surface area (Å²) in [4.78, 5) is 0. The van der Waals surface area contributed by atoms with Gasteiger partial charge in [0.05, 0.1) is 6.61 Å². The van der Waals surface area contributed by atoms with Gasteiger partial charge in [-0.25, -0.2) is 0 Å². The summed E-state index contributed by atoms with van der Waals surface area (Å²) >= 11 is 0. The van der Waals surface area contributed by atoms with E-state index in [1.165, 1.54) is 57.8 Å². The summed E-state index contributed by atoms with van der Waals surface area (Å²) in [5, 5.41) is 0. The highest BCUT2D eigenvalue weighted by Gasteiger charge is 2.37. The van der Waals surface area contributed by atoms with Crippen LogP contribution in [0.4, 0.5) is 0 Å². The van der Waals surface area contributed by atoms with E-state index in [1.54, 1.807) is 11.1 Å². The maximum absolute atomic E-state index is 5.50. The van der Waals surface area contributed by atoms with E-state index < -0.39 is 0 Å². The minimum atomic E-state index is 0.876. The molecular weight excluding hydrogens is 268 g/mol. The largest absolute Gasteiger partial charge is 0.380 e. The van der Waals surface area contributed by atoms with Crippen molar-refractivity contribution in [2.45, 2.75) is 64.7 Å². The van der Waals surface area contributed by atoms with Crippen LogP contribution in [0, 0.1) is 17.8 Å². The Balaban J connectivity index is 1.87. The van der Waals surface area contributed by atoms with Gasteiger partial charge in [0.15, 0.2) is 0 Å². The van der Waals surface area contributed by atoms with Gasteiger partial charge in [0.1, 0.15) is 0 Å². The van der Waals surface area contributed by atoms with E-state index >= 15 is 0 Å². The molecule has 0 amide bonds. The summed E-state index contributed by atoms with van der Waals surface area (Å²) in [7, 11) is 1.85. The Bertz CT molecular complexity index is 404. The molecule has 0 spiro atoms. The number of hydrogen-bond donors (Lipinski definition) is 0. The van der Waals surface area contributed by atoms with Crippen molar-refractivity contribution in [3.63, 3.8) is 0 Å². The number of ether oxygens (including phenoxy) is 1. The predicted molar refractivity (Wildman–Crippen MR) is 95.9 cm³/mol. The fourth-order valence-corrected chi connectivity index (χ4v) is 4.63. The molecule has 0 N–H and O–H groups in total. The van der Waals surface area contributed by atoms with E-state index in [2.05, 4.69) is 25.7 Å². The normalized spacial score (nSPS) is 28.4. The molecule has 2 aliphatic carbocycles. The van der Waals surface area contributed by atoms with Crippen LogP contribution in [-0.2, 0) is 4.74 Å². The van der Waals surface area contributed by atoms with Gasteiger partial charge in [-0.1, -0.05) is 56.6 Å². The topological polar surface area (TPSA) is 9.23 Å². The van der Waals surface area contributed by atoms with Crippen molar-refractivity contribution in [2.24, 2.45) is 17.8 Å². The van der Waals surface area contributed by atoms with Crippen LogP contribution in [0.2, 0.25) is 0 Å². The maximum atomic E-state index is 5.50. The molecule has 1 saturated carbocycles. The molecule has 0 aromatic carbocycles. The molecule has 0 heterocycles. The van der Waals surface area contributed by atoms with Crippen LogP contribution in [0.1, 0.15) is 64.7 Å². The lowest BCUT2D eigenvalue weighted by Crippen LogP contribution is -2.22. The monoisotopic (exact) mass is 302 g/mol. The highest BCUT2D eigenvalue weighted by molar-refractivity contribution is 5.25. The first-order valence-electron chi connectivity index (χ1n) is 9.27. The zero-order chi connectivity index (χ0) is 15.8. The lowest BCUT2D eigenvalue weighted by molar-refractivity contribution is 0.205. The predicted octanol–water partition coefficient (Wildman–Crippen LogP) is 6.08. The molecule has 22 heavy (non-hydrogen) atoms. The van der Waals surface area contributed by atoms with Crippen molar-refractivity contribution in [1.29, 1.82) is 0 Å². The Hall–Kier alpha value is -0.820. The average molecular weight is 303 g/mol. The molecule has 0 saturated heterocycles. The third-order valence-corrected chi connectivity index (χ3v) is 5.73. The Morgan fingerprint density at radius 3 is 2.91 bits per heavy atom. The van der Waals surface area contributed by atoms with Crippen LogP contribution >= 0.6 is 0 Å². The first kappa shape index (κ1) is 17.5. The molecule has 1 fully saturated rings. The van der Waals surface area contributed by atoms with E-state index in [4.69, 9.17) is 4.74 Å². The lowest BCUT2D eigenvalue weighted by Gasteiger charge is -2.33. The van der Waals surface area contributed by atoms with Crippen molar-refractivity contribution < 1.29 is 4.74 Å². The van der Waals surface area contributed by atoms with E-state index in [0.29, 0.717) is 0 Å². The maximum Gasteiger partial charge on any atom is 0.0675 e. The Kier molecular flexibility index (Phi) is 7.45. The highest BCUT2D eigenvalue weighted by atomic mass is 16.5. The number of methoxy groups -OCH3 is 1. The zero-order valence-corrected chi connectivity index (χ0v) is 14.7. The Morgan fingerprint density at radius 1 is 1.32 bits per heavy atom. The molecule has 3 atom stereocenters. The van der Waals surface area contributed by atoms with Crippen LogP contribution in [0.3, 0.4) is 0 Å². The number of allylic oxidation sites excluding steroid dienone is 4. The summed E-state index contributed by atoms with van der Waals surface area (Å²) in [6.07, 6.45) is 18.3. The second-order valence-electron chi connectivity index (χ2n) is 7.13. The van der Waals surface area contributed by atoms with Gasteiger partial charge in [0.2, 0.25) is 0 Å². The van der Waals surface area contributed by atoms with Crippen molar-refractivity contribution in [3.8, 4) is 0 Å². The van der Waals surface area contributed by atoms with Crippen LogP contribution in [-0.4, -0.2) is 13.7 Å². The fraction of sp³-hybridized carbons (Fsp3) is 0.714. The van der Waals surface area contributed by atoms with Gasteiger partial charge < -0.3 is 4.74 Å². The summed E-state index contributed by atoms with van der Waals surface area (Å²) < 4.78 is 5.50. The van der Waals surface area contributed by atoms with Crippen molar-refractivity contribution in [1.82, 2.24) is 0 Å². The number of hydrogen-bond acceptors (Lipinski definition) is 1. The van der Waals surface area contributed by atoms with E-state index in [9.17, 15) is 0 Å². The number of unbranched alkanes of at least 4 members (excludes halogenated alkanes) is 2. The highest BCUT2D eigenvalue weighted by Crippen LogP contribution is 2.49. The van der Waals surface area contributed by atoms with E-state index in [-0.39, 0.29) is 0 Å². The summed E-state index contributed by atoms with van der Waals surface area (Å²) in [6, 6.07) is 0. The molecular formula is C21H34O. The second-order valence-corrected chi connectivity index (χ2v) is 7.13. The average Bonchev–Trinajstić information content (AvgIpc) is 2.94. The van der Waals surface area contributed by atoms with Crippen LogP contribution < -0.4 is 0 Å². The molecule has 0 radical (unpaired) electrons. The van der Waals surface area contributed by atoms with Gasteiger partial charge in [-0.15, -0.1) is 0 Å². The lowest BCUT2D eigenvalue weighted by atomic mass is 9.73. The van der Waals surface area contributed by atoms with Gasteiger partial charge in [-0.3, -0.25) is 0 Å². The van der Waals surface area contributed by atoms with E-state index in [1.807, 2.05) is 13.2 Å². The first-order chi connectivity index (χ1) is 10.8. The number of fused-ring (bicyclic) bond motifs is 1. The van der Waals surface area contributed by atoms with Crippen molar-refractivity contribution in [2.75, 3.05) is 13.7 Å². The first-order valence-corrected chi connectivity index (χ1v) is 9.27. The quantitative estimate of drug-likeness (QED) is 0.285. The van der Waals surface area contributed by atoms with Crippen LogP contribution in [0.5, 0.6) is 0 Å². The zero-order valence-electron chi connectivity index (χ0n) is 14.7.